The number of anilines is 1. The van der Waals surface area contributed by atoms with E-state index >= 15 is 0 Å². The first-order valence-corrected chi connectivity index (χ1v) is 10.8. The fraction of sp³-hybridized carbons (Fsp3) is 0.368. The SMILES string of the molecule is CC1CCCCN1Cc1c(C(=O)N/N=C\c2ccc(F)c(Br)c2)nnn1-c1nonc1N.Cl. The molecule has 1 unspecified atom stereocenters. The molecule has 1 aromatic carbocycles. The number of amides is 1. The van der Waals surface area contributed by atoms with Crippen LogP contribution in [0.15, 0.2) is 32.4 Å². The molecular weight excluding hydrogens is 521 g/mol. The predicted octanol–water partition coefficient (Wildman–Crippen LogP) is 2.69. The number of nitrogens with two attached hydrogens (primary N) is 1. The quantitative estimate of drug-likeness (QED) is 0.358. The van der Waals surface area contributed by atoms with Gasteiger partial charge in [0, 0.05) is 12.6 Å². The first kappa shape index (κ1) is 24.7. The Morgan fingerprint density at radius 2 is 2.24 bits per heavy atom. The van der Waals surface area contributed by atoms with E-state index in [9.17, 15) is 9.18 Å². The topological polar surface area (TPSA) is 140 Å². The summed E-state index contributed by atoms with van der Waals surface area (Å²) < 4.78 is 19.7. The molecular formula is C19H22BrClFN9O2. The van der Waals surface area contributed by atoms with Crippen molar-refractivity contribution >= 4 is 46.3 Å². The molecule has 3 N–H and O–H groups in total. The zero-order valence-electron chi connectivity index (χ0n) is 17.6. The van der Waals surface area contributed by atoms with E-state index in [1.165, 1.54) is 23.0 Å². The van der Waals surface area contributed by atoms with Gasteiger partial charge in [-0.3, -0.25) is 9.69 Å². The molecule has 0 bridgehead atoms. The van der Waals surface area contributed by atoms with Gasteiger partial charge in [0.2, 0.25) is 11.6 Å². The van der Waals surface area contributed by atoms with Crippen molar-refractivity contribution in [2.24, 2.45) is 5.10 Å². The number of carbonyl (C=O) groups is 1. The molecule has 1 fully saturated rings. The minimum absolute atomic E-state index is 0. The lowest BCUT2D eigenvalue weighted by Crippen LogP contribution is -2.38. The van der Waals surface area contributed by atoms with E-state index in [4.69, 9.17) is 5.73 Å². The summed E-state index contributed by atoms with van der Waals surface area (Å²) in [6.07, 6.45) is 4.70. The van der Waals surface area contributed by atoms with Gasteiger partial charge in [-0.25, -0.2) is 14.4 Å². The highest BCUT2D eigenvalue weighted by atomic mass is 79.9. The van der Waals surface area contributed by atoms with Gasteiger partial charge in [0.05, 0.1) is 16.4 Å². The largest absolute Gasteiger partial charge is 0.378 e. The summed E-state index contributed by atoms with van der Waals surface area (Å²) in [5.41, 5.74) is 9.46. The molecule has 3 heterocycles. The number of nitrogens with one attached hydrogen (secondary N) is 1. The maximum absolute atomic E-state index is 13.4. The average Bonchev–Trinajstić information content (AvgIpc) is 3.38. The highest BCUT2D eigenvalue weighted by Gasteiger charge is 2.28. The molecule has 4 rings (SSSR count). The molecule has 176 valence electrons. The fourth-order valence-electron chi connectivity index (χ4n) is 3.52. The Kier molecular flexibility index (Phi) is 8.10. The van der Waals surface area contributed by atoms with Crippen molar-refractivity contribution in [2.75, 3.05) is 12.3 Å². The van der Waals surface area contributed by atoms with Crippen LogP contribution >= 0.6 is 28.3 Å². The Bertz CT molecular complexity index is 1150. The van der Waals surface area contributed by atoms with E-state index in [-0.39, 0.29) is 35.6 Å². The lowest BCUT2D eigenvalue weighted by molar-refractivity contribution is 0.0945. The Hall–Kier alpha value is -2.90. The lowest BCUT2D eigenvalue weighted by atomic mass is 10.0. The summed E-state index contributed by atoms with van der Waals surface area (Å²) in [6, 6.07) is 4.72. The first-order valence-electron chi connectivity index (χ1n) is 9.99. The van der Waals surface area contributed by atoms with Crippen LogP contribution in [0, 0.1) is 5.82 Å². The molecule has 1 aliphatic rings. The second-order valence-electron chi connectivity index (χ2n) is 7.46. The monoisotopic (exact) mass is 541 g/mol. The highest BCUT2D eigenvalue weighted by molar-refractivity contribution is 9.10. The summed E-state index contributed by atoms with van der Waals surface area (Å²) >= 11 is 3.11. The van der Waals surface area contributed by atoms with E-state index in [0.29, 0.717) is 28.3 Å². The van der Waals surface area contributed by atoms with Crippen LogP contribution in [-0.4, -0.2) is 54.9 Å². The van der Waals surface area contributed by atoms with Gasteiger partial charge in [0.25, 0.3) is 5.91 Å². The molecule has 0 saturated carbocycles. The second kappa shape index (κ2) is 10.8. The number of rotatable bonds is 6. The standard InChI is InChI=1S/C19H21BrFN9O2.ClH/c1-11-4-2-3-7-29(11)10-15-16(24-28-30(15)18-17(22)26-32-27-18)19(31)25-23-9-12-5-6-14(21)13(20)8-12;/h5-6,8-9,11H,2-4,7,10H2,1H3,(H2,22,26)(H,25,31);1H/b23-9-;. The van der Waals surface area contributed by atoms with Gasteiger partial charge < -0.3 is 5.73 Å². The van der Waals surface area contributed by atoms with Crippen molar-refractivity contribution < 1.29 is 13.8 Å². The van der Waals surface area contributed by atoms with Crippen LogP contribution < -0.4 is 11.2 Å². The van der Waals surface area contributed by atoms with E-state index in [2.05, 4.69) is 63.5 Å². The molecule has 11 nitrogen and oxygen atoms in total. The fourth-order valence-corrected chi connectivity index (χ4v) is 3.92. The molecule has 1 amide bonds. The van der Waals surface area contributed by atoms with Crippen molar-refractivity contribution in [1.29, 1.82) is 0 Å². The number of nitrogens with zero attached hydrogens (tertiary/aromatic N) is 7. The van der Waals surface area contributed by atoms with Crippen LogP contribution in [0.25, 0.3) is 5.82 Å². The lowest BCUT2D eigenvalue weighted by Gasteiger charge is -2.33. The maximum Gasteiger partial charge on any atom is 0.293 e. The summed E-state index contributed by atoms with van der Waals surface area (Å²) in [4.78, 5) is 15.1. The van der Waals surface area contributed by atoms with Crippen molar-refractivity contribution in [3.05, 3.63) is 45.4 Å². The third-order valence-corrected chi connectivity index (χ3v) is 5.90. The Morgan fingerprint density at radius 3 is 2.94 bits per heavy atom. The van der Waals surface area contributed by atoms with Gasteiger partial charge >= 0.3 is 0 Å². The number of hydrogen-bond acceptors (Lipinski definition) is 9. The van der Waals surface area contributed by atoms with Crippen LogP contribution in [0.5, 0.6) is 0 Å². The smallest absolute Gasteiger partial charge is 0.293 e. The van der Waals surface area contributed by atoms with Crippen LogP contribution in [0.1, 0.15) is 47.9 Å². The molecule has 1 saturated heterocycles. The van der Waals surface area contributed by atoms with E-state index in [0.717, 1.165) is 25.8 Å². The van der Waals surface area contributed by atoms with Crippen LogP contribution in [0.2, 0.25) is 0 Å². The number of nitrogen functional groups attached to an aromatic ring is 1. The summed E-state index contributed by atoms with van der Waals surface area (Å²) in [5, 5.41) is 19.4. The van der Waals surface area contributed by atoms with Crippen molar-refractivity contribution in [3.63, 3.8) is 0 Å². The summed E-state index contributed by atoms with van der Waals surface area (Å²) in [7, 11) is 0. The Morgan fingerprint density at radius 1 is 1.42 bits per heavy atom. The second-order valence-corrected chi connectivity index (χ2v) is 8.31. The van der Waals surface area contributed by atoms with Gasteiger partial charge in [0.1, 0.15) is 5.82 Å². The number of aromatic nitrogens is 5. The van der Waals surface area contributed by atoms with Gasteiger partial charge in [-0.1, -0.05) is 17.7 Å². The molecule has 33 heavy (non-hydrogen) atoms. The van der Waals surface area contributed by atoms with E-state index in [1.807, 2.05) is 0 Å². The molecule has 0 aliphatic carbocycles. The van der Waals surface area contributed by atoms with Gasteiger partial charge in [-0.05, 0) is 70.2 Å². The highest BCUT2D eigenvalue weighted by Crippen LogP contribution is 2.23. The molecule has 0 radical (unpaired) electrons. The predicted molar refractivity (Wildman–Crippen MR) is 124 cm³/mol. The summed E-state index contributed by atoms with van der Waals surface area (Å²) in [6.45, 7) is 3.44. The third kappa shape index (κ3) is 5.54. The Labute approximate surface area is 203 Å². The maximum atomic E-state index is 13.4. The number of piperidine rings is 1. The summed E-state index contributed by atoms with van der Waals surface area (Å²) in [5.74, 6) is -0.741. The molecule has 14 heteroatoms. The van der Waals surface area contributed by atoms with E-state index < -0.39 is 5.91 Å². The third-order valence-electron chi connectivity index (χ3n) is 5.29. The van der Waals surface area contributed by atoms with Crippen molar-refractivity contribution in [3.8, 4) is 5.82 Å². The van der Waals surface area contributed by atoms with Crippen LogP contribution in [0.3, 0.4) is 0 Å². The minimum atomic E-state index is -0.552. The van der Waals surface area contributed by atoms with Crippen LogP contribution in [-0.2, 0) is 6.54 Å². The van der Waals surface area contributed by atoms with Crippen molar-refractivity contribution in [2.45, 2.75) is 38.8 Å². The number of carbonyl (C=O) groups excluding carboxylic acids is 1. The van der Waals surface area contributed by atoms with Crippen LogP contribution in [0.4, 0.5) is 10.2 Å². The number of likely N-dealkylation sites (tertiary alicyclic amines) is 1. The number of hydrazone groups is 1. The minimum Gasteiger partial charge on any atom is -0.378 e. The number of benzene rings is 1. The van der Waals surface area contributed by atoms with Crippen molar-refractivity contribution in [1.82, 2.24) is 35.6 Å². The number of halogens is 3. The average molecular weight is 543 g/mol. The first-order chi connectivity index (χ1) is 15.4. The molecule has 0 spiro atoms. The van der Waals surface area contributed by atoms with Gasteiger partial charge in [-0.2, -0.15) is 9.78 Å². The zero-order valence-corrected chi connectivity index (χ0v) is 20.0. The molecule has 3 aromatic rings. The molecule has 2 aromatic heterocycles. The molecule has 1 atom stereocenters. The normalized spacial score (nSPS) is 16.6. The Balaban J connectivity index is 0.00000306. The number of hydrogen-bond donors (Lipinski definition) is 2. The van der Waals surface area contributed by atoms with Gasteiger partial charge in [0.15, 0.2) is 5.69 Å². The zero-order chi connectivity index (χ0) is 22.7. The van der Waals surface area contributed by atoms with Gasteiger partial charge in [-0.15, -0.1) is 17.5 Å². The van der Waals surface area contributed by atoms with E-state index in [1.54, 1.807) is 6.07 Å². The molecule has 1 aliphatic heterocycles.